The van der Waals surface area contributed by atoms with Crippen LogP contribution >= 0.6 is 0 Å². The number of nitrogens with one attached hydrogen (secondary N) is 2. The molecule has 164 valence electrons. The third-order valence-corrected chi connectivity index (χ3v) is 6.94. The molecule has 3 aromatic rings. The third kappa shape index (κ3) is 3.03. The van der Waals surface area contributed by atoms with Gasteiger partial charge in [-0.3, -0.25) is 4.79 Å². The normalized spacial score (nSPS) is 19.2. The highest BCUT2D eigenvalue weighted by Crippen LogP contribution is 2.45. The average Bonchev–Trinajstić information content (AvgIpc) is 3.52. The molecule has 1 spiro atoms. The maximum Gasteiger partial charge on any atom is 0.235 e. The molecular weight excluding hydrogens is 406 g/mol. The minimum atomic E-state index is -0.461. The molecule has 1 saturated heterocycles. The lowest BCUT2D eigenvalue weighted by molar-refractivity contribution is -0.121. The van der Waals surface area contributed by atoms with Crippen LogP contribution in [-0.2, 0) is 16.6 Å². The molecule has 1 aromatic carbocycles. The van der Waals surface area contributed by atoms with Gasteiger partial charge >= 0.3 is 0 Å². The molecule has 0 radical (unpaired) electrons. The Bertz CT molecular complexity index is 1180. The number of para-hydroxylation sites is 1. The van der Waals surface area contributed by atoms with Gasteiger partial charge in [-0.15, -0.1) is 10.2 Å². The van der Waals surface area contributed by atoms with Gasteiger partial charge in [0.05, 0.1) is 11.8 Å². The zero-order valence-corrected chi connectivity index (χ0v) is 18.0. The summed E-state index contributed by atoms with van der Waals surface area (Å²) in [7, 11) is 1.85. The fourth-order valence-corrected chi connectivity index (χ4v) is 5.01. The molecule has 1 amide bonds. The molecule has 2 fully saturated rings. The maximum atomic E-state index is 12.9. The smallest absolute Gasteiger partial charge is 0.235 e. The van der Waals surface area contributed by atoms with Gasteiger partial charge in [-0.25, -0.2) is 9.97 Å². The summed E-state index contributed by atoms with van der Waals surface area (Å²) < 4.78 is 5.91. The summed E-state index contributed by atoms with van der Waals surface area (Å²) in [5.74, 6) is 3.45. The van der Waals surface area contributed by atoms with Gasteiger partial charge in [0.2, 0.25) is 17.7 Å². The van der Waals surface area contributed by atoms with E-state index >= 15 is 0 Å². The fraction of sp³-hybridized carbons (Fsp3) is 0.435. The second-order valence-corrected chi connectivity index (χ2v) is 8.83. The van der Waals surface area contributed by atoms with Crippen LogP contribution in [0.5, 0.6) is 0 Å². The van der Waals surface area contributed by atoms with E-state index in [0.717, 1.165) is 73.1 Å². The van der Waals surface area contributed by atoms with E-state index in [1.165, 1.54) is 0 Å². The number of hydrogen-bond acceptors (Lipinski definition) is 8. The number of nitrogens with zero attached hydrogens (tertiary/aromatic N) is 5. The Hall–Kier alpha value is -3.49. The molecule has 2 N–H and O–H groups in total. The van der Waals surface area contributed by atoms with Crippen LogP contribution in [0, 0.1) is 0 Å². The zero-order chi connectivity index (χ0) is 21.7. The van der Waals surface area contributed by atoms with Crippen molar-refractivity contribution in [2.75, 3.05) is 35.7 Å². The summed E-state index contributed by atoms with van der Waals surface area (Å²) in [5.41, 5.74) is 2.53. The van der Waals surface area contributed by atoms with E-state index in [2.05, 4.69) is 41.8 Å². The summed E-state index contributed by atoms with van der Waals surface area (Å²) in [4.78, 5) is 24.2. The number of rotatable bonds is 5. The first-order valence-electron chi connectivity index (χ1n) is 11.2. The van der Waals surface area contributed by atoms with Crippen molar-refractivity contribution in [3.05, 3.63) is 53.5 Å². The van der Waals surface area contributed by atoms with Crippen LogP contribution in [0.2, 0.25) is 0 Å². The van der Waals surface area contributed by atoms with Crippen LogP contribution < -0.4 is 15.5 Å². The lowest BCUT2D eigenvalue weighted by Crippen LogP contribution is -2.47. The number of benzene rings is 1. The maximum absolute atomic E-state index is 12.9. The number of fused-ring (bicyclic) bond motifs is 2. The van der Waals surface area contributed by atoms with Gasteiger partial charge in [-0.05, 0) is 37.3 Å². The van der Waals surface area contributed by atoms with Gasteiger partial charge in [0, 0.05) is 37.3 Å². The van der Waals surface area contributed by atoms with Crippen molar-refractivity contribution >= 4 is 23.2 Å². The Labute approximate surface area is 185 Å². The van der Waals surface area contributed by atoms with Gasteiger partial charge in [-0.1, -0.05) is 18.2 Å². The van der Waals surface area contributed by atoms with Gasteiger partial charge in [0.15, 0.2) is 0 Å². The molecule has 0 atom stereocenters. The van der Waals surface area contributed by atoms with Crippen molar-refractivity contribution in [1.29, 1.82) is 0 Å². The van der Waals surface area contributed by atoms with Gasteiger partial charge in [-0.2, -0.15) is 0 Å². The Morgan fingerprint density at radius 2 is 2.00 bits per heavy atom. The molecule has 2 aromatic heterocycles. The van der Waals surface area contributed by atoms with Gasteiger partial charge < -0.3 is 20.0 Å². The zero-order valence-electron chi connectivity index (χ0n) is 18.0. The number of amides is 1. The molecule has 1 aliphatic carbocycles. The predicted molar refractivity (Wildman–Crippen MR) is 119 cm³/mol. The first kappa shape index (κ1) is 19.2. The molecule has 9 nitrogen and oxygen atoms in total. The van der Waals surface area contributed by atoms with Crippen molar-refractivity contribution in [2.24, 2.45) is 0 Å². The second kappa shape index (κ2) is 7.29. The lowest BCUT2D eigenvalue weighted by Gasteiger charge is -2.39. The van der Waals surface area contributed by atoms with E-state index in [-0.39, 0.29) is 5.91 Å². The summed E-state index contributed by atoms with van der Waals surface area (Å²) in [6.45, 7) is 1.46. The van der Waals surface area contributed by atoms with Crippen LogP contribution in [0.25, 0.3) is 0 Å². The van der Waals surface area contributed by atoms with Gasteiger partial charge in [0.25, 0.3) is 0 Å². The lowest BCUT2D eigenvalue weighted by atomic mass is 9.73. The van der Waals surface area contributed by atoms with E-state index in [1.54, 1.807) is 6.33 Å². The van der Waals surface area contributed by atoms with E-state index in [9.17, 15) is 4.79 Å². The number of carbonyl (C=O) groups is 1. The molecule has 9 heteroatoms. The average molecular weight is 432 g/mol. The first-order valence-corrected chi connectivity index (χ1v) is 11.2. The highest BCUT2D eigenvalue weighted by atomic mass is 16.4. The van der Waals surface area contributed by atoms with Crippen molar-refractivity contribution in [3.63, 3.8) is 0 Å². The van der Waals surface area contributed by atoms with Crippen LogP contribution in [0.4, 0.5) is 17.3 Å². The van der Waals surface area contributed by atoms with Crippen LogP contribution in [0.15, 0.2) is 35.0 Å². The largest absolute Gasteiger partial charge is 0.425 e. The Morgan fingerprint density at radius 3 is 2.78 bits per heavy atom. The van der Waals surface area contributed by atoms with Crippen molar-refractivity contribution < 1.29 is 9.21 Å². The summed E-state index contributed by atoms with van der Waals surface area (Å²) in [5, 5.41) is 14.7. The summed E-state index contributed by atoms with van der Waals surface area (Å²) >= 11 is 0. The molecular formula is C23H25N7O2. The van der Waals surface area contributed by atoms with Crippen LogP contribution in [0.1, 0.15) is 54.5 Å². The number of carbonyl (C=O) groups excluding carboxylic acids is 1. The Kier molecular flexibility index (Phi) is 4.38. The standard InChI is InChI=1S/C23H25N7O2/c1-24-19-15(12-18-28-29-21(32-18)14-6-7-14)20(26-13-25-19)30-10-8-23(9-11-30)16-4-2-3-5-17(16)27-22(23)31/h2-5,13-14H,6-12H2,1H3,(H,27,31)(H,24,25,26). The second-order valence-electron chi connectivity index (χ2n) is 8.83. The Balaban J connectivity index is 1.27. The highest BCUT2D eigenvalue weighted by Gasteiger charge is 2.48. The summed E-state index contributed by atoms with van der Waals surface area (Å²) in [6, 6.07) is 8.03. The molecule has 32 heavy (non-hydrogen) atoms. The topological polar surface area (TPSA) is 109 Å². The molecule has 6 rings (SSSR count). The minimum absolute atomic E-state index is 0.107. The SMILES string of the molecule is CNc1ncnc(N2CCC3(CC2)C(=O)Nc2ccccc23)c1Cc1nnc(C2CC2)o1. The van der Waals surface area contributed by atoms with Crippen LogP contribution in [-0.4, -0.2) is 46.2 Å². The fourth-order valence-electron chi connectivity index (χ4n) is 5.01. The monoisotopic (exact) mass is 431 g/mol. The quantitative estimate of drug-likeness (QED) is 0.635. The van der Waals surface area contributed by atoms with Crippen molar-refractivity contribution in [3.8, 4) is 0 Å². The minimum Gasteiger partial charge on any atom is -0.425 e. The van der Waals surface area contributed by atoms with E-state index in [4.69, 9.17) is 4.42 Å². The predicted octanol–water partition coefficient (Wildman–Crippen LogP) is 2.86. The first-order chi connectivity index (χ1) is 15.7. The molecule has 4 heterocycles. The van der Waals surface area contributed by atoms with Gasteiger partial charge in [0.1, 0.15) is 18.0 Å². The third-order valence-electron chi connectivity index (χ3n) is 6.94. The van der Waals surface area contributed by atoms with E-state index in [0.29, 0.717) is 18.2 Å². The molecule has 0 bridgehead atoms. The van der Waals surface area contributed by atoms with E-state index in [1.807, 2.05) is 25.2 Å². The van der Waals surface area contributed by atoms with E-state index < -0.39 is 5.41 Å². The molecule has 0 unspecified atom stereocenters. The molecule has 3 aliphatic rings. The molecule has 1 saturated carbocycles. The number of hydrogen-bond donors (Lipinski definition) is 2. The molecule has 2 aliphatic heterocycles. The van der Waals surface area contributed by atoms with Crippen molar-refractivity contribution in [2.45, 2.75) is 43.4 Å². The van der Waals surface area contributed by atoms with Crippen LogP contribution in [0.3, 0.4) is 0 Å². The highest BCUT2D eigenvalue weighted by molar-refractivity contribution is 6.06. The Morgan fingerprint density at radius 1 is 1.19 bits per heavy atom. The van der Waals surface area contributed by atoms with Crippen molar-refractivity contribution in [1.82, 2.24) is 20.2 Å². The number of aromatic nitrogens is 4. The summed E-state index contributed by atoms with van der Waals surface area (Å²) in [6.07, 6.45) is 5.76. The number of anilines is 3. The number of piperidine rings is 1.